The van der Waals surface area contributed by atoms with Gasteiger partial charge in [-0.1, -0.05) is 25.1 Å². The quantitative estimate of drug-likeness (QED) is 0.825. The maximum atomic E-state index is 13.1. The number of anilines is 1. The standard InChI is InChI=1S/C14H16F3NO2/c1-2-9-20-13(19)18-11-6-4-3-5-10(11)7-8-12(18)14(15,16)17/h3-6,12H,2,7-9H2,1H3. The van der Waals surface area contributed by atoms with Gasteiger partial charge in [0.25, 0.3) is 0 Å². The second-order valence-electron chi connectivity index (χ2n) is 4.71. The Morgan fingerprint density at radius 2 is 2.10 bits per heavy atom. The van der Waals surface area contributed by atoms with E-state index in [0.717, 1.165) is 10.5 Å². The lowest BCUT2D eigenvalue weighted by Crippen LogP contribution is -2.51. The Bertz CT molecular complexity index is 488. The van der Waals surface area contributed by atoms with Gasteiger partial charge in [-0.2, -0.15) is 13.2 Å². The molecule has 1 unspecified atom stereocenters. The third-order valence-corrected chi connectivity index (χ3v) is 3.25. The zero-order valence-electron chi connectivity index (χ0n) is 11.1. The summed E-state index contributed by atoms with van der Waals surface area (Å²) in [6.07, 6.45) is -4.66. The Labute approximate surface area is 115 Å². The van der Waals surface area contributed by atoms with Crippen molar-refractivity contribution in [2.24, 2.45) is 0 Å². The number of alkyl halides is 3. The van der Waals surface area contributed by atoms with Crippen LogP contribution in [-0.4, -0.2) is 24.9 Å². The van der Waals surface area contributed by atoms with Gasteiger partial charge in [0.15, 0.2) is 0 Å². The number of benzene rings is 1. The van der Waals surface area contributed by atoms with Crippen LogP contribution in [0, 0.1) is 0 Å². The minimum absolute atomic E-state index is 0.113. The highest BCUT2D eigenvalue weighted by Gasteiger charge is 2.48. The molecule has 2 rings (SSSR count). The van der Waals surface area contributed by atoms with Crippen molar-refractivity contribution in [2.45, 2.75) is 38.4 Å². The Morgan fingerprint density at radius 3 is 2.75 bits per heavy atom. The highest BCUT2D eigenvalue weighted by molar-refractivity contribution is 5.90. The van der Waals surface area contributed by atoms with Gasteiger partial charge in [-0.3, -0.25) is 4.90 Å². The van der Waals surface area contributed by atoms with Crippen LogP contribution in [0.3, 0.4) is 0 Å². The first-order valence-electron chi connectivity index (χ1n) is 6.55. The summed E-state index contributed by atoms with van der Waals surface area (Å²) in [5.41, 5.74) is 1.03. The van der Waals surface area contributed by atoms with Gasteiger partial charge in [-0.15, -0.1) is 0 Å². The Morgan fingerprint density at radius 1 is 1.40 bits per heavy atom. The van der Waals surface area contributed by atoms with E-state index in [-0.39, 0.29) is 13.0 Å². The molecule has 1 atom stereocenters. The van der Waals surface area contributed by atoms with E-state index in [0.29, 0.717) is 18.5 Å². The SMILES string of the molecule is CCCOC(=O)N1c2ccccc2CCC1C(F)(F)F. The van der Waals surface area contributed by atoms with Crippen LogP contribution in [0.15, 0.2) is 24.3 Å². The third kappa shape index (κ3) is 2.89. The fourth-order valence-corrected chi connectivity index (χ4v) is 2.34. The number of fused-ring (bicyclic) bond motifs is 1. The number of halogens is 3. The van der Waals surface area contributed by atoms with E-state index in [1.165, 1.54) is 6.07 Å². The van der Waals surface area contributed by atoms with E-state index in [4.69, 9.17) is 4.74 Å². The normalized spacial score (nSPS) is 18.6. The van der Waals surface area contributed by atoms with Crippen molar-refractivity contribution in [2.75, 3.05) is 11.5 Å². The number of nitrogens with zero attached hydrogens (tertiary/aromatic N) is 1. The maximum Gasteiger partial charge on any atom is 0.414 e. The van der Waals surface area contributed by atoms with Crippen LogP contribution in [-0.2, 0) is 11.2 Å². The van der Waals surface area contributed by atoms with E-state index in [2.05, 4.69) is 0 Å². The monoisotopic (exact) mass is 287 g/mol. The lowest BCUT2D eigenvalue weighted by atomic mass is 9.96. The van der Waals surface area contributed by atoms with Crippen LogP contribution < -0.4 is 4.90 Å². The molecule has 0 bridgehead atoms. The Kier molecular flexibility index (Phi) is 4.20. The fourth-order valence-electron chi connectivity index (χ4n) is 2.34. The van der Waals surface area contributed by atoms with Crippen LogP contribution >= 0.6 is 0 Å². The molecule has 3 nitrogen and oxygen atoms in total. The topological polar surface area (TPSA) is 29.5 Å². The fraction of sp³-hybridized carbons (Fsp3) is 0.500. The number of hydrogen-bond donors (Lipinski definition) is 0. The summed E-state index contributed by atoms with van der Waals surface area (Å²) in [5.74, 6) is 0. The van der Waals surface area contributed by atoms with Crippen molar-refractivity contribution in [1.29, 1.82) is 0 Å². The van der Waals surface area contributed by atoms with Crippen molar-refractivity contribution >= 4 is 11.8 Å². The van der Waals surface area contributed by atoms with Crippen molar-refractivity contribution in [3.05, 3.63) is 29.8 Å². The summed E-state index contributed by atoms with van der Waals surface area (Å²) in [6, 6.07) is 4.82. The van der Waals surface area contributed by atoms with Gasteiger partial charge >= 0.3 is 12.3 Å². The molecule has 1 aliphatic rings. The third-order valence-electron chi connectivity index (χ3n) is 3.25. The first kappa shape index (κ1) is 14.7. The summed E-state index contributed by atoms with van der Waals surface area (Å²) < 4.78 is 44.3. The van der Waals surface area contributed by atoms with Gasteiger partial charge in [0.1, 0.15) is 6.04 Å². The molecule has 0 saturated carbocycles. The average Bonchev–Trinajstić information content (AvgIpc) is 2.42. The molecule has 1 aromatic rings. The molecule has 0 N–H and O–H groups in total. The molecule has 110 valence electrons. The molecule has 1 amide bonds. The van der Waals surface area contributed by atoms with Gasteiger partial charge in [0.2, 0.25) is 0 Å². The van der Waals surface area contributed by atoms with Crippen LogP contribution in [0.1, 0.15) is 25.3 Å². The van der Waals surface area contributed by atoms with Crippen LogP contribution in [0.25, 0.3) is 0 Å². The molecular weight excluding hydrogens is 271 g/mol. The first-order valence-corrected chi connectivity index (χ1v) is 6.55. The number of amides is 1. The van der Waals surface area contributed by atoms with Crippen LogP contribution in [0.4, 0.5) is 23.7 Å². The van der Waals surface area contributed by atoms with E-state index >= 15 is 0 Å². The minimum Gasteiger partial charge on any atom is -0.449 e. The molecule has 0 saturated heterocycles. The van der Waals surface area contributed by atoms with Gasteiger partial charge in [-0.25, -0.2) is 4.79 Å². The number of ether oxygens (including phenoxy) is 1. The maximum absolute atomic E-state index is 13.1. The first-order chi connectivity index (χ1) is 9.45. The van der Waals surface area contributed by atoms with Crippen LogP contribution in [0.2, 0.25) is 0 Å². The number of aryl methyl sites for hydroxylation is 1. The highest BCUT2D eigenvalue weighted by atomic mass is 19.4. The van der Waals surface area contributed by atoms with Gasteiger partial charge in [0.05, 0.1) is 12.3 Å². The molecule has 1 heterocycles. The molecule has 20 heavy (non-hydrogen) atoms. The summed E-state index contributed by atoms with van der Waals surface area (Å²) in [6.45, 7) is 1.90. The van der Waals surface area contributed by atoms with Gasteiger partial charge in [-0.05, 0) is 30.9 Å². The minimum atomic E-state index is -4.46. The lowest BCUT2D eigenvalue weighted by molar-refractivity contribution is -0.150. The number of hydrogen-bond acceptors (Lipinski definition) is 2. The van der Waals surface area contributed by atoms with E-state index in [1.807, 2.05) is 0 Å². The van der Waals surface area contributed by atoms with Gasteiger partial charge < -0.3 is 4.74 Å². The van der Waals surface area contributed by atoms with Crippen molar-refractivity contribution in [3.8, 4) is 0 Å². The smallest absolute Gasteiger partial charge is 0.414 e. The average molecular weight is 287 g/mol. The summed E-state index contributed by atoms with van der Waals surface area (Å²) in [5, 5.41) is 0. The molecule has 0 aromatic heterocycles. The Balaban J connectivity index is 2.36. The van der Waals surface area contributed by atoms with Crippen LogP contribution in [0.5, 0.6) is 0 Å². The van der Waals surface area contributed by atoms with E-state index in [1.54, 1.807) is 25.1 Å². The molecule has 0 radical (unpaired) electrons. The second kappa shape index (κ2) is 5.73. The predicted molar refractivity (Wildman–Crippen MR) is 68.7 cm³/mol. The Hall–Kier alpha value is -1.72. The van der Waals surface area contributed by atoms with Crippen molar-refractivity contribution in [1.82, 2.24) is 0 Å². The van der Waals surface area contributed by atoms with Crippen molar-refractivity contribution < 1.29 is 22.7 Å². The molecule has 1 aliphatic heterocycles. The second-order valence-corrected chi connectivity index (χ2v) is 4.71. The largest absolute Gasteiger partial charge is 0.449 e. The molecule has 0 spiro atoms. The predicted octanol–water partition coefficient (Wildman–Crippen LogP) is 3.92. The molecule has 1 aromatic carbocycles. The number of carbonyl (C=O) groups excluding carboxylic acids is 1. The number of rotatable bonds is 2. The zero-order chi connectivity index (χ0) is 14.8. The summed E-state index contributed by atoms with van der Waals surface area (Å²) in [4.78, 5) is 12.7. The number of para-hydroxylation sites is 1. The molecular formula is C14H16F3NO2. The highest BCUT2D eigenvalue weighted by Crippen LogP contribution is 2.38. The number of carbonyl (C=O) groups is 1. The molecule has 0 aliphatic carbocycles. The summed E-state index contributed by atoms with van der Waals surface area (Å²) in [7, 11) is 0. The van der Waals surface area contributed by atoms with E-state index in [9.17, 15) is 18.0 Å². The molecule has 0 fully saturated rings. The lowest BCUT2D eigenvalue weighted by Gasteiger charge is -2.37. The summed E-state index contributed by atoms with van der Waals surface area (Å²) >= 11 is 0. The van der Waals surface area contributed by atoms with E-state index < -0.39 is 18.3 Å². The van der Waals surface area contributed by atoms with Crippen molar-refractivity contribution in [3.63, 3.8) is 0 Å². The zero-order valence-corrected chi connectivity index (χ0v) is 11.1. The molecule has 6 heteroatoms. The van der Waals surface area contributed by atoms with Gasteiger partial charge in [0, 0.05) is 0 Å².